The van der Waals surface area contributed by atoms with Crippen LogP contribution in [-0.4, -0.2) is 11.2 Å². The molecule has 1 aromatic heterocycles. The smallest absolute Gasteiger partial charge is 0.0882 e. The minimum Gasteiger partial charge on any atom is -0.255 e. The van der Waals surface area contributed by atoms with Gasteiger partial charge in [0, 0.05) is 12.4 Å². The van der Waals surface area contributed by atoms with Gasteiger partial charge >= 0.3 is 0 Å². The number of aryl methyl sites for hydroxylation is 1. The number of aromatic nitrogens is 1. The van der Waals surface area contributed by atoms with Gasteiger partial charge < -0.3 is 0 Å². The van der Waals surface area contributed by atoms with Gasteiger partial charge in [0.2, 0.25) is 0 Å². The maximum absolute atomic E-state index is 4.18. The van der Waals surface area contributed by atoms with Crippen LogP contribution in [0.3, 0.4) is 0 Å². The highest BCUT2D eigenvalue weighted by molar-refractivity contribution is 5.78. The van der Waals surface area contributed by atoms with Gasteiger partial charge in [0.1, 0.15) is 0 Å². The molecule has 0 aliphatic heterocycles. The number of allylic oxidation sites excluding steroid dienone is 2. The van der Waals surface area contributed by atoms with E-state index >= 15 is 0 Å². The Bertz CT molecular complexity index is 376. The molecule has 1 aromatic rings. The molecular weight excluding hydrogens is 172 g/mol. The van der Waals surface area contributed by atoms with Crippen molar-refractivity contribution in [1.82, 2.24) is 4.98 Å². The van der Waals surface area contributed by atoms with Gasteiger partial charge in [-0.05, 0) is 37.6 Å². The molecule has 0 aromatic carbocycles. The number of hydrogen-bond donors (Lipinski definition) is 0. The van der Waals surface area contributed by atoms with Crippen molar-refractivity contribution in [3.63, 3.8) is 0 Å². The van der Waals surface area contributed by atoms with E-state index in [9.17, 15) is 0 Å². The maximum atomic E-state index is 4.18. The molecule has 0 aliphatic carbocycles. The Morgan fingerprint density at radius 1 is 1.57 bits per heavy atom. The average Bonchev–Trinajstić information content (AvgIpc) is 2.18. The highest BCUT2D eigenvalue weighted by Crippen LogP contribution is 2.11. The summed E-state index contributed by atoms with van der Waals surface area (Å²) in [7, 11) is 0. The fraction of sp³-hybridized carbons (Fsp3) is 0.167. The fourth-order valence-corrected chi connectivity index (χ4v) is 0.979. The van der Waals surface area contributed by atoms with E-state index in [0.29, 0.717) is 5.70 Å². The molecule has 0 amide bonds. The van der Waals surface area contributed by atoms with Crippen LogP contribution in [0.5, 0.6) is 0 Å². The number of hydrogen-bond acceptors (Lipinski definition) is 2. The predicted molar refractivity (Wildman–Crippen MR) is 61.3 cm³/mol. The van der Waals surface area contributed by atoms with Gasteiger partial charge in [-0.2, -0.15) is 0 Å². The van der Waals surface area contributed by atoms with Crippen LogP contribution in [0.15, 0.2) is 42.1 Å². The molecule has 0 saturated heterocycles. The van der Waals surface area contributed by atoms with Crippen LogP contribution >= 0.6 is 0 Å². The molecule has 72 valence electrons. The third-order valence-electron chi connectivity index (χ3n) is 1.72. The van der Waals surface area contributed by atoms with Crippen LogP contribution in [0.4, 0.5) is 0 Å². The van der Waals surface area contributed by atoms with Crippen molar-refractivity contribution in [2.45, 2.75) is 13.8 Å². The first kappa shape index (κ1) is 10.4. The molecule has 1 heterocycles. The van der Waals surface area contributed by atoms with Crippen molar-refractivity contribution in [1.29, 1.82) is 0 Å². The Balaban J connectivity index is 2.79. The summed E-state index contributed by atoms with van der Waals surface area (Å²) in [6, 6.07) is 3.92. The van der Waals surface area contributed by atoms with Gasteiger partial charge in [-0.15, -0.1) is 0 Å². The third kappa shape index (κ3) is 2.98. The lowest BCUT2D eigenvalue weighted by Gasteiger charge is -1.98. The molecule has 0 spiro atoms. The molecule has 0 fully saturated rings. The summed E-state index contributed by atoms with van der Waals surface area (Å²) in [5.41, 5.74) is 2.68. The molecule has 2 nitrogen and oxygen atoms in total. The predicted octanol–water partition coefficient (Wildman–Crippen LogP) is 3.01. The van der Waals surface area contributed by atoms with Crippen molar-refractivity contribution in [3.05, 3.63) is 48.3 Å². The Labute approximate surface area is 84.7 Å². The zero-order valence-corrected chi connectivity index (χ0v) is 8.57. The van der Waals surface area contributed by atoms with E-state index in [1.807, 2.05) is 38.1 Å². The van der Waals surface area contributed by atoms with Crippen LogP contribution in [0.25, 0.3) is 5.70 Å². The molecule has 0 unspecified atom stereocenters. The van der Waals surface area contributed by atoms with E-state index < -0.39 is 0 Å². The van der Waals surface area contributed by atoms with Gasteiger partial charge in [-0.25, -0.2) is 0 Å². The fourth-order valence-electron chi connectivity index (χ4n) is 0.979. The summed E-state index contributed by atoms with van der Waals surface area (Å²) in [6.45, 7) is 7.81. The Morgan fingerprint density at radius 3 is 3.00 bits per heavy atom. The lowest BCUT2D eigenvalue weighted by molar-refractivity contribution is 1.23. The highest BCUT2D eigenvalue weighted by atomic mass is 14.8. The highest BCUT2D eigenvalue weighted by Gasteiger charge is 1.96. The van der Waals surface area contributed by atoms with Gasteiger partial charge in [0.05, 0.1) is 11.4 Å². The van der Waals surface area contributed by atoms with Crippen molar-refractivity contribution in [2.24, 2.45) is 4.99 Å². The molecule has 1 rings (SSSR count). The van der Waals surface area contributed by atoms with Crippen molar-refractivity contribution in [3.8, 4) is 0 Å². The Hall–Kier alpha value is -1.70. The monoisotopic (exact) mass is 186 g/mol. The second-order valence-electron chi connectivity index (χ2n) is 2.97. The molecule has 0 bridgehead atoms. The molecule has 0 atom stereocenters. The lowest BCUT2D eigenvalue weighted by atomic mass is 10.2. The summed E-state index contributed by atoms with van der Waals surface area (Å²) in [4.78, 5) is 8.34. The number of nitrogens with zero attached hydrogens (tertiary/aromatic N) is 2. The van der Waals surface area contributed by atoms with Crippen LogP contribution in [0.1, 0.15) is 18.2 Å². The number of aliphatic imine (C=N–C) groups is 1. The normalized spacial score (nSPS) is 11.3. The standard InChI is InChI=1S/C12H14N2/c1-4-5-7-13-11(3)12-9-10(2)6-8-14-12/h4-9H,3H2,1-2H3/b5-4+,13-7-. The van der Waals surface area contributed by atoms with Crippen molar-refractivity contribution < 1.29 is 0 Å². The minimum atomic E-state index is 0.687. The van der Waals surface area contributed by atoms with Gasteiger partial charge in [0.15, 0.2) is 0 Å². The molecule has 14 heavy (non-hydrogen) atoms. The Kier molecular flexibility index (Phi) is 3.80. The first-order valence-corrected chi connectivity index (χ1v) is 4.51. The molecular formula is C12H14N2. The van der Waals surface area contributed by atoms with Crippen molar-refractivity contribution >= 4 is 11.9 Å². The van der Waals surface area contributed by atoms with Crippen LogP contribution in [0, 0.1) is 6.92 Å². The van der Waals surface area contributed by atoms with Crippen LogP contribution in [-0.2, 0) is 0 Å². The molecule has 2 heteroatoms. The zero-order chi connectivity index (χ0) is 10.4. The first-order valence-electron chi connectivity index (χ1n) is 4.51. The lowest BCUT2D eigenvalue weighted by Crippen LogP contribution is -1.86. The van der Waals surface area contributed by atoms with E-state index in [1.54, 1.807) is 12.4 Å². The molecule has 0 N–H and O–H groups in total. The van der Waals surface area contributed by atoms with Gasteiger partial charge in [-0.3, -0.25) is 9.98 Å². The summed E-state index contributed by atoms with van der Waals surface area (Å²) in [6.07, 6.45) is 7.26. The second-order valence-corrected chi connectivity index (χ2v) is 2.97. The molecule has 0 aliphatic rings. The quantitative estimate of drug-likeness (QED) is 0.666. The van der Waals surface area contributed by atoms with E-state index in [4.69, 9.17) is 0 Å². The Morgan fingerprint density at radius 2 is 2.36 bits per heavy atom. The van der Waals surface area contributed by atoms with E-state index in [2.05, 4.69) is 16.6 Å². The summed E-state index contributed by atoms with van der Waals surface area (Å²) >= 11 is 0. The van der Waals surface area contributed by atoms with Crippen molar-refractivity contribution in [2.75, 3.05) is 0 Å². The average molecular weight is 186 g/mol. The third-order valence-corrected chi connectivity index (χ3v) is 1.72. The molecule has 0 radical (unpaired) electrons. The van der Waals surface area contributed by atoms with E-state index in [0.717, 1.165) is 11.3 Å². The van der Waals surface area contributed by atoms with Gasteiger partial charge in [-0.1, -0.05) is 12.7 Å². The number of pyridine rings is 1. The molecule has 0 saturated carbocycles. The van der Waals surface area contributed by atoms with Gasteiger partial charge in [0.25, 0.3) is 0 Å². The zero-order valence-electron chi connectivity index (χ0n) is 8.57. The number of rotatable bonds is 3. The van der Waals surface area contributed by atoms with E-state index in [-0.39, 0.29) is 0 Å². The van der Waals surface area contributed by atoms with E-state index in [1.165, 1.54) is 0 Å². The van der Waals surface area contributed by atoms with Crippen LogP contribution < -0.4 is 0 Å². The SMILES string of the molecule is C=C(/N=C\C=C\C)c1cc(C)ccn1. The summed E-state index contributed by atoms with van der Waals surface area (Å²) < 4.78 is 0. The topological polar surface area (TPSA) is 25.2 Å². The second kappa shape index (κ2) is 5.12. The van der Waals surface area contributed by atoms with Crippen LogP contribution in [0.2, 0.25) is 0 Å². The summed E-state index contributed by atoms with van der Waals surface area (Å²) in [5, 5.41) is 0. The maximum Gasteiger partial charge on any atom is 0.0882 e. The minimum absolute atomic E-state index is 0.687. The first-order chi connectivity index (χ1) is 6.74. The summed E-state index contributed by atoms with van der Waals surface area (Å²) in [5.74, 6) is 0. The largest absolute Gasteiger partial charge is 0.255 e.